The smallest absolute Gasteiger partial charge is 0.254 e. The number of methoxy groups -OCH3 is 1. The van der Waals surface area contributed by atoms with Gasteiger partial charge in [-0.2, -0.15) is 0 Å². The van der Waals surface area contributed by atoms with Crippen LogP contribution in [0.15, 0.2) is 51.3 Å². The molecule has 0 atom stereocenters. The van der Waals surface area contributed by atoms with Crippen molar-refractivity contribution in [3.05, 3.63) is 59.7 Å². The van der Waals surface area contributed by atoms with Crippen LogP contribution in [-0.2, 0) is 19.4 Å². The van der Waals surface area contributed by atoms with Crippen molar-refractivity contribution in [1.82, 2.24) is 10.2 Å². The zero-order valence-electron chi connectivity index (χ0n) is 15.6. The van der Waals surface area contributed by atoms with Gasteiger partial charge in [-0.1, -0.05) is 0 Å². The second kappa shape index (κ2) is 7.03. The Kier molecular flexibility index (Phi) is 4.24. The van der Waals surface area contributed by atoms with Crippen LogP contribution in [0.25, 0.3) is 22.4 Å². The first-order valence-corrected chi connectivity index (χ1v) is 9.44. The molecule has 2 aromatic carbocycles. The lowest BCUT2D eigenvalue weighted by Crippen LogP contribution is -1.99. The van der Waals surface area contributed by atoms with Crippen LogP contribution in [0.4, 0.5) is 0 Å². The van der Waals surface area contributed by atoms with Crippen LogP contribution in [0.2, 0.25) is 0 Å². The van der Waals surface area contributed by atoms with Crippen molar-refractivity contribution in [1.29, 1.82) is 0 Å². The highest BCUT2D eigenvalue weighted by Crippen LogP contribution is 2.34. The molecule has 1 aliphatic carbocycles. The van der Waals surface area contributed by atoms with E-state index in [-0.39, 0.29) is 6.61 Å². The lowest BCUT2D eigenvalue weighted by Gasteiger charge is -2.08. The van der Waals surface area contributed by atoms with Gasteiger partial charge in [0.05, 0.1) is 7.11 Å². The van der Waals surface area contributed by atoms with Gasteiger partial charge in [-0.25, -0.2) is 0 Å². The Morgan fingerprint density at radius 2 is 1.75 bits per heavy atom. The molecule has 5 rings (SSSR count). The molecule has 0 saturated carbocycles. The van der Waals surface area contributed by atoms with Crippen molar-refractivity contribution in [2.24, 2.45) is 0 Å². The Hall–Kier alpha value is -3.28. The van der Waals surface area contributed by atoms with Gasteiger partial charge in [0.15, 0.2) is 6.61 Å². The number of nitrogens with zero attached hydrogens (tertiary/aromatic N) is 2. The predicted octanol–water partition coefficient (Wildman–Crippen LogP) is 4.95. The van der Waals surface area contributed by atoms with Gasteiger partial charge in [0.2, 0.25) is 5.89 Å². The topological polar surface area (TPSA) is 70.5 Å². The molecule has 4 aromatic rings. The zero-order chi connectivity index (χ0) is 18.9. The van der Waals surface area contributed by atoms with Gasteiger partial charge in [-0.3, -0.25) is 0 Å². The van der Waals surface area contributed by atoms with Gasteiger partial charge in [0.25, 0.3) is 5.89 Å². The van der Waals surface area contributed by atoms with E-state index in [4.69, 9.17) is 18.3 Å². The number of rotatable bonds is 5. The van der Waals surface area contributed by atoms with Crippen LogP contribution in [0.1, 0.15) is 30.1 Å². The van der Waals surface area contributed by atoms with Crippen LogP contribution in [-0.4, -0.2) is 17.3 Å². The van der Waals surface area contributed by atoms with Gasteiger partial charge in [0.1, 0.15) is 22.8 Å². The molecule has 0 spiro atoms. The second-order valence-corrected chi connectivity index (χ2v) is 6.89. The molecular formula is C22H20N2O4. The van der Waals surface area contributed by atoms with Crippen LogP contribution >= 0.6 is 0 Å². The summed E-state index contributed by atoms with van der Waals surface area (Å²) in [6.07, 6.45) is 4.50. The number of benzene rings is 2. The van der Waals surface area contributed by atoms with Gasteiger partial charge < -0.3 is 18.3 Å². The summed E-state index contributed by atoms with van der Waals surface area (Å²) in [6.45, 7) is 0.217. The number of fused-ring (bicyclic) bond motifs is 3. The van der Waals surface area contributed by atoms with Crippen molar-refractivity contribution in [3.63, 3.8) is 0 Å². The quantitative estimate of drug-likeness (QED) is 0.491. The van der Waals surface area contributed by atoms with Crippen molar-refractivity contribution in [3.8, 4) is 23.0 Å². The van der Waals surface area contributed by atoms with E-state index in [1.165, 1.54) is 18.4 Å². The van der Waals surface area contributed by atoms with Crippen molar-refractivity contribution >= 4 is 11.0 Å². The number of aryl methyl sites for hydroxylation is 2. The number of ether oxygens (including phenoxy) is 2. The van der Waals surface area contributed by atoms with Gasteiger partial charge in [-0.05, 0) is 61.7 Å². The van der Waals surface area contributed by atoms with E-state index in [1.807, 2.05) is 42.5 Å². The fourth-order valence-corrected chi connectivity index (χ4v) is 3.64. The molecular weight excluding hydrogens is 356 g/mol. The average Bonchev–Trinajstić information content (AvgIpc) is 3.37. The molecule has 1 aliphatic rings. The summed E-state index contributed by atoms with van der Waals surface area (Å²) >= 11 is 0. The molecule has 0 aliphatic heterocycles. The Labute approximate surface area is 162 Å². The molecule has 6 heteroatoms. The number of furan rings is 1. The molecule has 0 amide bonds. The van der Waals surface area contributed by atoms with E-state index in [0.29, 0.717) is 11.8 Å². The first kappa shape index (κ1) is 16.9. The number of aromatic nitrogens is 2. The van der Waals surface area contributed by atoms with Crippen LogP contribution in [0.3, 0.4) is 0 Å². The summed E-state index contributed by atoms with van der Waals surface area (Å²) in [5.74, 6) is 3.56. The third-order valence-electron chi connectivity index (χ3n) is 5.09. The molecule has 0 saturated heterocycles. The molecule has 0 N–H and O–H groups in total. The van der Waals surface area contributed by atoms with Crippen LogP contribution < -0.4 is 9.47 Å². The van der Waals surface area contributed by atoms with Crippen molar-refractivity contribution in [2.45, 2.75) is 32.3 Å². The highest BCUT2D eigenvalue weighted by atomic mass is 16.5. The van der Waals surface area contributed by atoms with Gasteiger partial charge in [-0.15, -0.1) is 10.2 Å². The normalized spacial score (nSPS) is 13.5. The Morgan fingerprint density at radius 1 is 0.929 bits per heavy atom. The van der Waals surface area contributed by atoms with E-state index >= 15 is 0 Å². The first-order valence-electron chi connectivity index (χ1n) is 9.44. The monoisotopic (exact) mass is 376 g/mol. The van der Waals surface area contributed by atoms with E-state index in [0.717, 1.165) is 46.6 Å². The lowest BCUT2D eigenvalue weighted by molar-refractivity contribution is 0.265. The molecule has 0 fully saturated rings. The van der Waals surface area contributed by atoms with Gasteiger partial charge in [0, 0.05) is 22.9 Å². The van der Waals surface area contributed by atoms with E-state index in [9.17, 15) is 0 Å². The highest BCUT2D eigenvalue weighted by Gasteiger charge is 2.18. The van der Waals surface area contributed by atoms with Crippen molar-refractivity contribution in [2.75, 3.05) is 7.11 Å². The molecule has 0 radical (unpaired) electrons. The molecule has 2 aromatic heterocycles. The fraction of sp³-hybridized carbons (Fsp3) is 0.273. The van der Waals surface area contributed by atoms with E-state index < -0.39 is 0 Å². The van der Waals surface area contributed by atoms with E-state index in [1.54, 1.807) is 7.11 Å². The zero-order valence-corrected chi connectivity index (χ0v) is 15.6. The largest absolute Gasteiger partial charge is 0.497 e. The first-order chi connectivity index (χ1) is 13.8. The summed E-state index contributed by atoms with van der Waals surface area (Å²) in [5.41, 5.74) is 3.09. The maximum atomic E-state index is 5.97. The summed E-state index contributed by atoms with van der Waals surface area (Å²) in [6, 6.07) is 13.4. The minimum absolute atomic E-state index is 0.217. The lowest BCUT2D eigenvalue weighted by atomic mass is 9.96. The van der Waals surface area contributed by atoms with E-state index in [2.05, 4.69) is 10.2 Å². The fourth-order valence-electron chi connectivity index (χ4n) is 3.64. The van der Waals surface area contributed by atoms with Gasteiger partial charge >= 0.3 is 0 Å². The Morgan fingerprint density at radius 3 is 2.61 bits per heavy atom. The molecule has 28 heavy (non-hydrogen) atoms. The highest BCUT2D eigenvalue weighted by molar-refractivity contribution is 5.84. The third-order valence-corrected chi connectivity index (χ3v) is 5.09. The van der Waals surface area contributed by atoms with Crippen LogP contribution in [0.5, 0.6) is 11.5 Å². The minimum atomic E-state index is 0.217. The number of hydrogen-bond donors (Lipinski definition) is 0. The summed E-state index contributed by atoms with van der Waals surface area (Å²) < 4.78 is 22.7. The summed E-state index contributed by atoms with van der Waals surface area (Å²) in [5, 5.41) is 9.33. The summed E-state index contributed by atoms with van der Waals surface area (Å²) in [4.78, 5) is 0. The van der Waals surface area contributed by atoms with Crippen LogP contribution in [0, 0.1) is 0 Å². The standard InChI is InChI=1S/C22H20N2O4/c1-25-15-8-6-14(7-9-15)22-24-23-21(28-22)13-26-16-10-11-20-18(12-16)17-4-2-3-5-19(17)27-20/h6-12H,2-5,13H2,1H3. The summed E-state index contributed by atoms with van der Waals surface area (Å²) in [7, 11) is 1.63. The second-order valence-electron chi connectivity index (χ2n) is 6.89. The van der Waals surface area contributed by atoms with Crippen molar-refractivity contribution < 1.29 is 18.3 Å². The molecule has 0 unspecified atom stereocenters. The molecule has 6 nitrogen and oxygen atoms in total. The molecule has 2 heterocycles. The molecule has 142 valence electrons. The maximum Gasteiger partial charge on any atom is 0.254 e. The number of hydrogen-bond acceptors (Lipinski definition) is 6. The average molecular weight is 376 g/mol. The maximum absolute atomic E-state index is 5.97. The Balaban J connectivity index is 1.31. The minimum Gasteiger partial charge on any atom is -0.497 e. The molecule has 0 bridgehead atoms. The third kappa shape index (κ3) is 3.11. The predicted molar refractivity (Wildman–Crippen MR) is 103 cm³/mol. The SMILES string of the molecule is COc1ccc(-c2nnc(COc3ccc4oc5c(c4c3)CCCC5)o2)cc1. The Bertz CT molecular complexity index is 1110.